The summed E-state index contributed by atoms with van der Waals surface area (Å²) in [5.41, 5.74) is 8.07. The van der Waals surface area contributed by atoms with Crippen LogP contribution in [0.3, 0.4) is 0 Å². The number of rotatable bonds is 2. The van der Waals surface area contributed by atoms with Crippen molar-refractivity contribution in [1.29, 1.82) is 0 Å². The lowest BCUT2D eigenvalue weighted by molar-refractivity contribution is 0.205. The van der Waals surface area contributed by atoms with Gasteiger partial charge in [-0.2, -0.15) is 0 Å². The average Bonchev–Trinajstić information content (AvgIpc) is 2.62. The summed E-state index contributed by atoms with van der Waals surface area (Å²) >= 11 is 6.40. The zero-order valence-electron chi connectivity index (χ0n) is 12.7. The lowest BCUT2D eigenvalue weighted by Gasteiger charge is -2.29. The van der Waals surface area contributed by atoms with Gasteiger partial charge in [0.05, 0.1) is 16.1 Å². The van der Waals surface area contributed by atoms with Crippen LogP contribution in [-0.2, 0) is 0 Å². The Bertz CT molecular complexity index is 634. The second-order valence-corrected chi connectivity index (χ2v) is 6.59. The highest BCUT2D eigenvalue weighted by molar-refractivity contribution is 6.35. The molecule has 0 radical (unpaired) electrons. The smallest absolute Gasteiger partial charge is 0.201 e. The predicted molar refractivity (Wildman–Crippen MR) is 88.8 cm³/mol. The van der Waals surface area contributed by atoms with E-state index in [0.717, 1.165) is 35.6 Å². The molecule has 4 nitrogen and oxygen atoms in total. The summed E-state index contributed by atoms with van der Waals surface area (Å²) in [6, 6.07) is 6.72. The molecule has 0 spiro atoms. The molecule has 2 heterocycles. The first-order valence-electron chi connectivity index (χ1n) is 7.74. The van der Waals surface area contributed by atoms with E-state index in [0.29, 0.717) is 18.0 Å². The third kappa shape index (κ3) is 2.74. The lowest BCUT2D eigenvalue weighted by atomic mass is 10.1. The molecular formula is C16H23ClN4. The highest BCUT2D eigenvalue weighted by Gasteiger charge is 2.25. The van der Waals surface area contributed by atoms with Crippen LogP contribution < -0.4 is 5.73 Å². The maximum absolute atomic E-state index is 6.40. The van der Waals surface area contributed by atoms with Crippen LogP contribution in [-0.4, -0.2) is 33.6 Å². The first-order chi connectivity index (χ1) is 10.1. The molecule has 3 rings (SSSR count). The number of hydrogen-bond acceptors (Lipinski definition) is 3. The molecule has 114 valence electrons. The Kier molecular flexibility index (Phi) is 4.09. The van der Waals surface area contributed by atoms with Crippen molar-refractivity contribution < 1.29 is 0 Å². The van der Waals surface area contributed by atoms with Gasteiger partial charge in [0.2, 0.25) is 5.95 Å². The van der Waals surface area contributed by atoms with Gasteiger partial charge in [0.25, 0.3) is 0 Å². The van der Waals surface area contributed by atoms with Gasteiger partial charge in [-0.3, -0.25) is 4.90 Å². The maximum Gasteiger partial charge on any atom is 0.201 e. The predicted octanol–water partition coefficient (Wildman–Crippen LogP) is 3.71. The van der Waals surface area contributed by atoms with E-state index >= 15 is 0 Å². The van der Waals surface area contributed by atoms with Crippen LogP contribution in [0, 0.1) is 0 Å². The zero-order valence-corrected chi connectivity index (χ0v) is 13.5. The molecule has 1 aromatic heterocycles. The Labute approximate surface area is 130 Å². The minimum atomic E-state index is 0.347. The van der Waals surface area contributed by atoms with Gasteiger partial charge in [-0.25, -0.2) is 4.98 Å². The molecule has 1 atom stereocenters. The van der Waals surface area contributed by atoms with Crippen molar-refractivity contribution in [3.63, 3.8) is 0 Å². The van der Waals surface area contributed by atoms with E-state index in [9.17, 15) is 0 Å². The Morgan fingerprint density at radius 2 is 2.14 bits per heavy atom. The molecule has 1 aliphatic heterocycles. The molecule has 5 heteroatoms. The highest BCUT2D eigenvalue weighted by atomic mass is 35.5. The highest BCUT2D eigenvalue weighted by Crippen LogP contribution is 2.32. The molecule has 0 unspecified atom stereocenters. The van der Waals surface area contributed by atoms with E-state index in [1.807, 2.05) is 18.2 Å². The second kappa shape index (κ2) is 5.85. The largest absolute Gasteiger partial charge is 0.369 e. The van der Waals surface area contributed by atoms with E-state index < -0.39 is 0 Å². The molecule has 0 bridgehead atoms. The van der Waals surface area contributed by atoms with Crippen LogP contribution in [0.2, 0.25) is 5.02 Å². The van der Waals surface area contributed by atoms with E-state index in [-0.39, 0.29) is 0 Å². The number of para-hydroxylation sites is 1. The topological polar surface area (TPSA) is 47.1 Å². The van der Waals surface area contributed by atoms with E-state index in [4.69, 9.17) is 17.3 Å². The monoisotopic (exact) mass is 306 g/mol. The summed E-state index contributed by atoms with van der Waals surface area (Å²) in [5.74, 6) is 0.578. The fourth-order valence-corrected chi connectivity index (χ4v) is 3.58. The van der Waals surface area contributed by atoms with Gasteiger partial charge in [0, 0.05) is 18.6 Å². The third-order valence-electron chi connectivity index (χ3n) is 4.46. The van der Waals surface area contributed by atoms with Gasteiger partial charge in [-0.15, -0.1) is 0 Å². The molecule has 21 heavy (non-hydrogen) atoms. The summed E-state index contributed by atoms with van der Waals surface area (Å²) < 4.78 is 2.15. The molecule has 2 aromatic rings. The van der Waals surface area contributed by atoms with Crippen molar-refractivity contribution in [3.05, 3.63) is 23.2 Å². The van der Waals surface area contributed by atoms with Crippen LogP contribution in [0.15, 0.2) is 18.2 Å². The third-order valence-corrected chi connectivity index (χ3v) is 4.77. The number of benzene rings is 1. The molecule has 0 amide bonds. The summed E-state index contributed by atoms with van der Waals surface area (Å²) in [7, 11) is 0. The van der Waals surface area contributed by atoms with Gasteiger partial charge in [0.15, 0.2) is 0 Å². The van der Waals surface area contributed by atoms with E-state index in [2.05, 4.69) is 28.3 Å². The number of nitrogens with two attached hydrogens (primary N) is 1. The number of anilines is 1. The van der Waals surface area contributed by atoms with Gasteiger partial charge in [0.1, 0.15) is 0 Å². The summed E-state index contributed by atoms with van der Waals surface area (Å²) in [6.07, 6.45) is 3.59. The van der Waals surface area contributed by atoms with Gasteiger partial charge in [-0.05, 0) is 45.4 Å². The van der Waals surface area contributed by atoms with Gasteiger partial charge >= 0.3 is 0 Å². The quantitative estimate of drug-likeness (QED) is 0.920. The molecule has 1 aliphatic rings. The van der Waals surface area contributed by atoms with Crippen LogP contribution in [0.4, 0.5) is 5.95 Å². The van der Waals surface area contributed by atoms with Crippen molar-refractivity contribution in [2.45, 2.75) is 45.2 Å². The van der Waals surface area contributed by atoms with Crippen molar-refractivity contribution in [2.75, 3.05) is 18.8 Å². The van der Waals surface area contributed by atoms with Crippen LogP contribution in [0.5, 0.6) is 0 Å². The number of halogens is 1. The van der Waals surface area contributed by atoms with E-state index in [1.165, 1.54) is 12.8 Å². The molecular weight excluding hydrogens is 284 g/mol. The van der Waals surface area contributed by atoms with Crippen LogP contribution in [0.25, 0.3) is 11.0 Å². The van der Waals surface area contributed by atoms with Crippen molar-refractivity contribution in [1.82, 2.24) is 14.5 Å². The number of imidazole rings is 1. The summed E-state index contributed by atoms with van der Waals surface area (Å²) in [4.78, 5) is 7.01. The fraction of sp³-hybridized carbons (Fsp3) is 0.562. The lowest BCUT2D eigenvalue weighted by Crippen LogP contribution is -2.35. The normalized spacial score (nSPS) is 21.0. The first kappa shape index (κ1) is 14.7. The number of aromatic nitrogens is 2. The second-order valence-electron chi connectivity index (χ2n) is 6.19. The summed E-state index contributed by atoms with van der Waals surface area (Å²) in [6.45, 7) is 6.68. The van der Waals surface area contributed by atoms with Gasteiger partial charge in [-0.1, -0.05) is 24.1 Å². The number of nitrogens with zero attached hydrogens (tertiary/aromatic N) is 3. The fourth-order valence-electron chi connectivity index (χ4n) is 3.32. The van der Waals surface area contributed by atoms with Crippen LogP contribution in [0.1, 0.15) is 39.2 Å². The molecule has 1 saturated heterocycles. The number of fused-ring (bicyclic) bond motifs is 1. The molecule has 0 saturated carbocycles. The molecule has 2 N–H and O–H groups in total. The zero-order chi connectivity index (χ0) is 15.0. The molecule has 1 fully saturated rings. The minimum absolute atomic E-state index is 0.347. The Hall–Kier alpha value is -1.26. The Morgan fingerprint density at radius 1 is 1.33 bits per heavy atom. The number of hydrogen-bond donors (Lipinski definition) is 1. The number of likely N-dealkylation sites (tertiary alicyclic amines) is 1. The van der Waals surface area contributed by atoms with Crippen molar-refractivity contribution >= 4 is 28.6 Å². The maximum atomic E-state index is 6.40. The Morgan fingerprint density at radius 3 is 2.90 bits per heavy atom. The minimum Gasteiger partial charge on any atom is -0.369 e. The Balaban J connectivity index is 2.04. The standard InChI is InChI=1S/C16H23ClN4/c1-11(2)20-9-4-3-6-12(10-20)21-15-13(17)7-5-8-14(15)19-16(21)18/h5,7-8,11-12H,3-4,6,9-10H2,1-2H3,(H2,18,19)/t12-/m1/s1. The SMILES string of the molecule is CC(C)N1CCCC[C@@H](n2c(N)nc3cccc(Cl)c32)C1. The van der Waals surface area contributed by atoms with Crippen molar-refractivity contribution in [2.24, 2.45) is 0 Å². The molecule has 0 aliphatic carbocycles. The van der Waals surface area contributed by atoms with Crippen LogP contribution >= 0.6 is 11.6 Å². The van der Waals surface area contributed by atoms with Crippen molar-refractivity contribution in [3.8, 4) is 0 Å². The number of nitrogen functional groups attached to an aromatic ring is 1. The molecule has 1 aromatic carbocycles. The average molecular weight is 307 g/mol. The summed E-state index contributed by atoms with van der Waals surface area (Å²) in [5, 5.41) is 0.733. The van der Waals surface area contributed by atoms with E-state index in [1.54, 1.807) is 0 Å². The van der Waals surface area contributed by atoms with Gasteiger partial charge < -0.3 is 10.3 Å². The first-order valence-corrected chi connectivity index (χ1v) is 8.11.